The van der Waals surface area contributed by atoms with E-state index in [1.807, 2.05) is 36.4 Å². The summed E-state index contributed by atoms with van der Waals surface area (Å²) in [6.45, 7) is 11.2. The summed E-state index contributed by atoms with van der Waals surface area (Å²) in [5.41, 5.74) is 4.04. The summed E-state index contributed by atoms with van der Waals surface area (Å²) < 4.78 is 25.0. The Kier molecular flexibility index (Phi) is 6.21. The second kappa shape index (κ2) is 8.72. The normalized spacial score (nSPS) is 21.9. The van der Waals surface area contributed by atoms with E-state index in [9.17, 15) is 0 Å². The molecule has 2 aromatic carbocycles. The standard InChI is InChI=1S/C24H30B2O4/c1-23(2)15-27-25(28-16-23)21(19-11-7-5-8-12-19)22(20-13-9-6-10-14-20)26-29-17-24(3,4)18-30-26/h5-14H,15-18H2,1-4H3/b22-21-. The molecule has 2 aliphatic heterocycles. The molecule has 2 aromatic rings. The number of rotatable bonds is 4. The average Bonchev–Trinajstić information content (AvgIpc) is 2.74. The van der Waals surface area contributed by atoms with Crippen LogP contribution >= 0.6 is 0 Å². The van der Waals surface area contributed by atoms with E-state index in [2.05, 4.69) is 52.0 Å². The molecule has 0 N–H and O–H groups in total. The molecule has 156 valence electrons. The lowest BCUT2D eigenvalue weighted by atomic mass is 9.59. The molecule has 0 radical (unpaired) electrons. The first-order valence-electron chi connectivity index (χ1n) is 10.7. The van der Waals surface area contributed by atoms with Crippen molar-refractivity contribution in [1.82, 2.24) is 0 Å². The van der Waals surface area contributed by atoms with Gasteiger partial charge in [-0.05, 0) is 22.1 Å². The maximum atomic E-state index is 6.25. The van der Waals surface area contributed by atoms with Gasteiger partial charge in [0.05, 0.1) is 0 Å². The van der Waals surface area contributed by atoms with Crippen LogP contribution in [0.25, 0.3) is 10.9 Å². The zero-order valence-electron chi connectivity index (χ0n) is 18.4. The first-order chi connectivity index (χ1) is 14.3. The van der Waals surface area contributed by atoms with Crippen molar-refractivity contribution >= 4 is 25.2 Å². The molecular weight excluding hydrogens is 374 g/mol. The fraction of sp³-hybridized carbons (Fsp3) is 0.417. The highest BCUT2D eigenvalue weighted by Gasteiger charge is 2.42. The Bertz CT molecular complexity index is 787. The van der Waals surface area contributed by atoms with Gasteiger partial charge in [-0.2, -0.15) is 0 Å². The smallest absolute Gasteiger partial charge is 0.407 e. The van der Waals surface area contributed by atoms with Gasteiger partial charge >= 0.3 is 14.2 Å². The summed E-state index contributed by atoms with van der Waals surface area (Å²) in [6.07, 6.45) is 0. The molecule has 0 amide bonds. The van der Waals surface area contributed by atoms with Crippen molar-refractivity contribution in [2.24, 2.45) is 10.8 Å². The van der Waals surface area contributed by atoms with Crippen LogP contribution in [-0.2, 0) is 18.6 Å². The van der Waals surface area contributed by atoms with Crippen molar-refractivity contribution in [2.45, 2.75) is 27.7 Å². The molecular formula is C24H30B2O4. The predicted molar refractivity (Wildman–Crippen MR) is 123 cm³/mol. The highest BCUT2D eigenvalue weighted by molar-refractivity contribution is 6.82. The van der Waals surface area contributed by atoms with Crippen LogP contribution < -0.4 is 0 Å². The van der Waals surface area contributed by atoms with Crippen LogP contribution in [0.15, 0.2) is 60.7 Å². The summed E-state index contributed by atoms with van der Waals surface area (Å²) in [5.74, 6) is 0. The Morgan fingerprint density at radius 3 is 1.17 bits per heavy atom. The van der Waals surface area contributed by atoms with Crippen molar-refractivity contribution in [3.8, 4) is 0 Å². The Labute approximate surface area is 180 Å². The van der Waals surface area contributed by atoms with E-state index in [1.165, 1.54) is 0 Å². The van der Waals surface area contributed by atoms with Crippen molar-refractivity contribution in [1.29, 1.82) is 0 Å². The van der Waals surface area contributed by atoms with Gasteiger partial charge in [-0.3, -0.25) is 0 Å². The molecule has 2 saturated heterocycles. The molecule has 4 rings (SSSR count). The summed E-state index contributed by atoms with van der Waals surface area (Å²) in [5, 5.41) is 0. The van der Waals surface area contributed by atoms with Crippen molar-refractivity contribution in [3.63, 3.8) is 0 Å². The molecule has 2 fully saturated rings. The van der Waals surface area contributed by atoms with Gasteiger partial charge < -0.3 is 18.6 Å². The van der Waals surface area contributed by atoms with Crippen LogP contribution in [0.2, 0.25) is 0 Å². The van der Waals surface area contributed by atoms with E-state index >= 15 is 0 Å². The van der Waals surface area contributed by atoms with E-state index in [-0.39, 0.29) is 10.8 Å². The molecule has 6 heteroatoms. The second-order valence-corrected chi connectivity index (χ2v) is 9.80. The molecule has 0 saturated carbocycles. The highest BCUT2D eigenvalue weighted by Crippen LogP contribution is 2.37. The van der Waals surface area contributed by atoms with Crippen molar-refractivity contribution < 1.29 is 18.6 Å². The number of hydrogen-bond acceptors (Lipinski definition) is 4. The third kappa shape index (κ3) is 4.89. The summed E-state index contributed by atoms with van der Waals surface area (Å²) in [6, 6.07) is 20.6. The molecule has 0 atom stereocenters. The molecule has 0 aliphatic carbocycles. The Hall–Kier alpha value is -1.85. The zero-order valence-corrected chi connectivity index (χ0v) is 18.4. The summed E-state index contributed by atoms with van der Waals surface area (Å²) >= 11 is 0. The van der Waals surface area contributed by atoms with Gasteiger partial charge in [0.2, 0.25) is 0 Å². The molecule has 30 heavy (non-hydrogen) atoms. The fourth-order valence-electron chi connectivity index (χ4n) is 3.79. The van der Waals surface area contributed by atoms with Gasteiger partial charge in [-0.15, -0.1) is 0 Å². The largest absolute Gasteiger partial charge is 0.494 e. The molecule has 0 spiro atoms. The van der Waals surface area contributed by atoms with Crippen LogP contribution in [0.5, 0.6) is 0 Å². The molecule has 0 unspecified atom stereocenters. The van der Waals surface area contributed by atoms with E-state index < -0.39 is 14.2 Å². The zero-order chi connectivity index (χ0) is 21.2. The van der Waals surface area contributed by atoms with E-state index in [4.69, 9.17) is 18.6 Å². The first-order valence-corrected chi connectivity index (χ1v) is 10.7. The van der Waals surface area contributed by atoms with Gasteiger partial charge in [0.15, 0.2) is 0 Å². The second-order valence-electron chi connectivity index (χ2n) is 9.80. The van der Waals surface area contributed by atoms with Gasteiger partial charge in [0.25, 0.3) is 0 Å². The van der Waals surface area contributed by atoms with E-state index in [1.54, 1.807) is 0 Å². The number of benzene rings is 2. The lowest BCUT2D eigenvalue weighted by Crippen LogP contribution is -2.45. The summed E-state index contributed by atoms with van der Waals surface area (Å²) in [7, 11) is -0.949. The van der Waals surface area contributed by atoms with Crippen molar-refractivity contribution in [3.05, 3.63) is 71.8 Å². The quantitative estimate of drug-likeness (QED) is 0.542. The highest BCUT2D eigenvalue weighted by atomic mass is 16.6. The Morgan fingerprint density at radius 2 is 0.867 bits per heavy atom. The summed E-state index contributed by atoms with van der Waals surface area (Å²) in [4.78, 5) is 0. The topological polar surface area (TPSA) is 36.9 Å². The van der Waals surface area contributed by atoms with Gasteiger partial charge in [0, 0.05) is 37.3 Å². The average molecular weight is 404 g/mol. The lowest BCUT2D eigenvalue weighted by molar-refractivity contribution is 0.0333. The molecule has 4 nitrogen and oxygen atoms in total. The van der Waals surface area contributed by atoms with Crippen LogP contribution in [0.1, 0.15) is 38.8 Å². The van der Waals surface area contributed by atoms with E-state index in [0.717, 1.165) is 22.1 Å². The van der Waals surface area contributed by atoms with Crippen LogP contribution in [0.4, 0.5) is 0 Å². The molecule has 2 aliphatic rings. The van der Waals surface area contributed by atoms with Gasteiger partial charge in [0.1, 0.15) is 0 Å². The fourth-order valence-corrected chi connectivity index (χ4v) is 3.79. The van der Waals surface area contributed by atoms with Crippen molar-refractivity contribution in [2.75, 3.05) is 26.4 Å². The minimum absolute atomic E-state index is 0.00687. The van der Waals surface area contributed by atoms with Gasteiger partial charge in [-0.1, -0.05) is 88.4 Å². The van der Waals surface area contributed by atoms with Crippen LogP contribution in [0.3, 0.4) is 0 Å². The third-order valence-corrected chi connectivity index (χ3v) is 5.43. The SMILES string of the molecule is CC1(C)COB(/C(=C(\B2OCC(C)(C)CO2)c2ccccc2)c2ccccc2)OC1. The van der Waals surface area contributed by atoms with Crippen LogP contribution in [0, 0.1) is 10.8 Å². The molecule has 0 bridgehead atoms. The lowest BCUT2D eigenvalue weighted by Gasteiger charge is -2.37. The number of hydrogen-bond donors (Lipinski definition) is 0. The molecule has 0 aromatic heterocycles. The first kappa shape index (κ1) is 21.4. The Morgan fingerprint density at radius 1 is 0.567 bits per heavy atom. The minimum atomic E-state index is -0.474. The predicted octanol–water partition coefficient (Wildman–Crippen LogP) is 4.80. The molecule has 2 heterocycles. The minimum Gasteiger partial charge on any atom is -0.407 e. The van der Waals surface area contributed by atoms with Crippen LogP contribution in [-0.4, -0.2) is 40.7 Å². The van der Waals surface area contributed by atoms with E-state index in [0.29, 0.717) is 26.4 Å². The monoisotopic (exact) mass is 404 g/mol. The Balaban J connectivity index is 1.83. The third-order valence-electron chi connectivity index (χ3n) is 5.43. The maximum Gasteiger partial charge on any atom is 0.494 e. The van der Waals surface area contributed by atoms with Gasteiger partial charge in [-0.25, -0.2) is 0 Å². The maximum absolute atomic E-state index is 6.25.